The average Bonchev–Trinajstić information content (AvgIpc) is 3.17. The first kappa shape index (κ1) is 28.7. The summed E-state index contributed by atoms with van der Waals surface area (Å²) in [7, 11) is 1.60. The van der Waals surface area contributed by atoms with Crippen molar-refractivity contribution in [2.75, 3.05) is 18.5 Å². The first-order valence-corrected chi connectivity index (χ1v) is 12.2. The highest BCUT2D eigenvalue weighted by atomic mass is 16.3. The summed E-state index contributed by atoms with van der Waals surface area (Å²) in [5.74, 6) is -1.87. The Kier molecular flexibility index (Phi) is 10.8. The number of hydrogen-bond donors (Lipinski definition) is 3. The molecule has 0 bridgehead atoms. The van der Waals surface area contributed by atoms with Crippen molar-refractivity contribution in [2.45, 2.75) is 65.1 Å². The van der Waals surface area contributed by atoms with Crippen LogP contribution < -0.4 is 15.5 Å². The minimum absolute atomic E-state index is 0.0922. The molecule has 1 aliphatic heterocycles. The van der Waals surface area contributed by atoms with Crippen LogP contribution in [0.3, 0.4) is 0 Å². The Balaban J connectivity index is 1.80. The number of imide groups is 1. The molecule has 1 heterocycles. The Bertz CT molecular complexity index is 971. The summed E-state index contributed by atoms with van der Waals surface area (Å²) in [4.78, 5) is 63.8. The standard InChI is InChI=1S/C26H36N4O6/c1-17(2)24(28-21(32)8-6-5-7-15-30-22(33)13-14-23(30)34)25(35)27-18(3)26(36)29(4)20-11-9-19(16-31)10-12-20/h9-14,17-18,24,31H,5-8,15-16H2,1-4H3,(H,27,35)(H,28,32)/t18-,24-/m0/s1. The van der Waals surface area contributed by atoms with Gasteiger partial charge in [0, 0.05) is 37.9 Å². The third-order valence-corrected chi connectivity index (χ3v) is 6.02. The van der Waals surface area contributed by atoms with E-state index in [1.54, 1.807) is 38.2 Å². The van der Waals surface area contributed by atoms with Crippen LogP contribution in [-0.2, 0) is 30.6 Å². The number of amides is 5. The number of likely N-dealkylation sites (N-methyl/N-ethyl adjacent to an activating group) is 1. The summed E-state index contributed by atoms with van der Waals surface area (Å²) in [5, 5.41) is 14.6. The van der Waals surface area contributed by atoms with Gasteiger partial charge in [-0.1, -0.05) is 32.4 Å². The average molecular weight is 501 g/mol. The summed E-state index contributed by atoms with van der Waals surface area (Å²) in [6.45, 7) is 5.43. The fourth-order valence-electron chi connectivity index (χ4n) is 3.77. The molecule has 10 heteroatoms. The lowest BCUT2D eigenvalue weighted by Crippen LogP contribution is -2.54. The molecule has 196 valence electrons. The highest BCUT2D eigenvalue weighted by molar-refractivity contribution is 6.12. The summed E-state index contributed by atoms with van der Waals surface area (Å²) in [5.41, 5.74) is 1.35. The van der Waals surface area contributed by atoms with Gasteiger partial charge in [0.25, 0.3) is 11.8 Å². The molecule has 10 nitrogen and oxygen atoms in total. The minimum Gasteiger partial charge on any atom is -0.392 e. The molecule has 1 aromatic rings. The van der Waals surface area contributed by atoms with Gasteiger partial charge in [0.1, 0.15) is 12.1 Å². The fourth-order valence-corrected chi connectivity index (χ4v) is 3.77. The van der Waals surface area contributed by atoms with Crippen LogP contribution >= 0.6 is 0 Å². The van der Waals surface area contributed by atoms with Crippen LogP contribution in [0.25, 0.3) is 0 Å². The zero-order valence-electron chi connectivity index (χ0n) is 21.3. The topological polar surface area (TPSA) is 136 Å². The van der Waals surface area contributed by atoms with Gasteiger partial charge in [-0.2, -0.15) is 0 Å². The number of rotatable bonds is 13. The summed E-state index contributed by atoms with van der Waals surface area (Å²) < 4.78 is 0. The summed E-state index contributed by atoms with van der Waals surface area (Å²) >= 11 is 0. The predicted molar refractivity (Wildman–Crippen MR) is 134 cm³/mol. The van der Waals surface area contributed by atoms with Gasteiger partial charge >= 0.3 is 0 Å². The van der Waals surface area contributed by atoms with Crippen molar-refractivity contribution in [1.82, 2.24) is 15.5 Å². The van der Waals surface area contributed by atoms with E-state index >= 15 is 0 Å². The second-order valence-electron chi connectivity index (χ2n) is 9.21. The fraction of sp³-hybridized carbons (Fsp3) is 0.500. The quantitative estimate of drug-likeness (QED) is 0.276. The van der Waals surface area contributed by atoms with Gasteiger partial charge < -0.3 is 20.6 Å². The molecule has 0 saturated carbocycles. The molecule has 2 atom stereocenters. The van der Waals surface area contributed by atoms with E-state index in [4.69, 9.17) is 5.11 Å². The summed E-state index contributed by atoms with van der Waals surface area (Å²) in [6.07, 6.45) is 4.49. The lowest BCUT2D eigenvalue weighted by atomic mass is 10.0. The van der Waals surface area contributed by atoms with Gasteiger partial charge in [-0.05, 0) is 43.4 Å². The van der Waals surface area contributed by atoms with E-state index in [0.717, 1.165) is 5.56 Å². The smallest absolute Gasteiger partial charge is 0.253 e. The van der Waals surface area contributed by atoms with E-state index in [9.17, 15) is 24.0 Å². The number of carbonyl (C=O) groups excluding carboxylic acids is 5. The molecule has 5 amide bonds. The minimum atomic E-state index is -0.816. The molecule has 36 heavy (non-hydrogen) atoms. The van der Waals surface area contributed by atoms with Crippen molar-refractivity contribution in [3.63, 3.8) is 0 Å². The van der Waals surface area contributed by atoms with Gasteiger partial charge in [-0.15, -0.1) is 0 Å². The van der Waals surface area contributed by atoms with E-state index in [1.807, 2.05) is 13.8 Å². The SMILES string of the molecule is CC(C)[C@H](NC(=O)CCCCCN1C(=O)C=CC1=O)C(=O)N[C@@H](C)C(=O)N(C)c1ccc(CO)cc1. The van der Waals surface area contributed by atoms with E-state index in [-0.39, 0.29) is 42.6 Å². The van der Waals surface area contributed by atoms with Crippen LogP contribution in [0, 0.1) is 5.92 Å². The van der Waals surface area contributed by atoms with Gasteiger partial charge in [0.2, 0.25) is 17.7 Å². The number of nitrogens with zero attached hydrogens (tertiary/aromatic N) is 2. The van der Waals surface area contributed by atoms with Crippen LogP contribution in [0.2, 0.25) is 0 Å². The van der Waals surface area contributed by atoms with E-state index in [0.29, 0.717) is 31.5 Å². The van der Waals surface area contributed by atoms with E-state index in [2.05, 4.69) is 10.6 Å². The number of carbonyl (C=O) groups is 5. The van der Waals surface area contributed by atoms with Crippen molar-refractivity contribution in [3.05, 3.63) is 42.0 Å². The third kappa shape index (κ3) is 8.01. The van der Waals surface area contributed by atoms with Crippen LogP contribution in [0.4, 0.5) is 5.69 Å². The van der Waals surface area contributed by atoms with Crippen molar-refractivity contribution >= 4 is 35.2 Å². The van der Waals surface area contributed by atoms with Crippen molar-refractivity contribution in [2.24, 2.45) is 5.92 Å². The number of nitrogens with one attached hydrogen (secondary N) is 2. The molecule has 0 aromatic heterocycles. The molecule has 2 rings (SSSR count). The van der Waals surface area contributed by atoms with Crippen molar-refractivity contribution in [3.8, 4) is 0 Å². The first-order chi connectivity index (χ1) is 17.0. The Labute approximate surface area is 211 Å². The zero-order chi connectivity index (χ0) is 26.8. The molecule has 0 fully saturated rings. The van der Waals surface area contributed by atoms with Gasteiger partial charge in [0.05, 0.1) is 6.61 Å². The predicted octanol–water partition coefficient (Wildman–Crippen LogP) is 1.27. The molecule has 0 unspecified atom stereocenters. The maximum Gasteiger partial charge on any atom is 0.253 e. The number of aliphatic hydroxyl groups excluding tert-OH is 1. The third-order valence-electron chi connectivity index (χ3n) is 6.02. The lowest BCUT2D eigenvalue weighted by molar-refractivity contribution is -0.137. The maximum atomic E-state index is 12.9. The highest BCUT2D eigenvalue weighted by Gasteiger charge is 2.28. The second-order valence-corrected chi connectivity index (χ2v) is 9.21. The Morgan fingerprint density at radius 1 is 0.944 bits per heavy atom. The maximum absolute atomic E-state index is 12.9. The van der Waals surface area contributed by atoms with Crippen LogP contribution in [0.15, 0.2) is 36.4 Å². The number of aliphatic hydroxyl groups is 1. The lowest BCUT2D eigenvalue weighted by Gasteiger charge is -2.26. The number of benzene rings is 1. The number of hydrogen-bond acceptors (Lipinski definition) is 6. The zero-order valence-corrected chi connectivity index (χ0v) is 21.3. The Hall–Kier alpha value is -3.53. The van der Waals surface area contributed by atoms with Crippen LogP contribution in [0.5, 0.6) is 0 Å². The molecule has 1 aliphatic rings. The van der Waals surface area contributed by atoms with Gasteiger partial charge in [-0.3, -0.25) is 28.9 Å². The van der Waals surface area contributed by atoms with Crippen molar-refractivity contribution < 1.29 is 29.1 Å². The number of unbranched alkanes of at least 4 members (excludes halogenated alkanes) is 2. The molecular weight excluding hydrogens is 464 g/mol. The number of anilines is 1. The molecule has 3 N–H and O–H groups in total. The Morgan fingerprint density at radius 2 is 1.56 bits per heavy atom. The van der Waals surface area contributed by atoms with E-state index in [1.165, 1.54) is 22.0 Å². The van der Waals surface area contributed by atoms with Gasteiger partial charge in [0.15, 0.2) is 0 Å². The molecular formula is C26H36N4O6. The van der Waals surface area contributed by atoms with Gasteiger partial charge in [-0.25, -0.2) is 0 Å². The highest BCUT2D eigenvalue weighted by Crippen LogP contribution is 2.15. The molecule has 1 aromatic carbocycles. The van der Waals surface area contributed by atoms with Crippen LogP contribution in [0.1, 0.15) is 52.0 Å². The molecule has 0 saturated heterocycles. The largest absolute Gasteiger partial charge is 0.392 e. The molecule has 0 spiro atoms. The van der Waals surface area contributed by atoms with Crippen molar-refractivity contribution in [1.29, 1.82) is 0 Å². The summed E-state index contributed by atoms with van der Waals surface area (Å²) in [6, 6.07) is 5.25. The Morgan fingerprint density at radius 3 is 2.11 bits per heavy atom. The second kappa shape index (κ2) is 13.5. The molecule has 0 aliphatic carbocycles. The normalized spacial score (nSPS) is 14.7. The monoisotopic (exact) mass is 500 g/mol. The van der Waals surface area contributed by atoms with Crippen LogP contribution in [-0.4, -0.2) is 65.2 Å². The van der Waals surface area contributed by atoms with E-state index < -0.39 is 18.0 Å². The first-order valence-electron chi connectivity index (χ1n) is 12.2. The molecule has 0 radical (unpaired) electrons.